The van der Waals surface area contributed by atoms with E-state index in [2.05, 4.69) is 0 Å². The summed E-state index contributed by atoms with van der Waals surface area (Å²) in [6.07, 6.45) is 3.81. The Morgan fingerprint density at radius 3 is 2.20 bits per heavy atom. The molecule has 0 unspecified atom stereocenters. The molecule has 1 fully saturated rings. The Morgan fingerprint density at radius 1 is 0.867 bits per heavy atom. The van der Waals surface area contributed by atoms with Crippen molar-refractivity contribution in [3.05, 3.63) is 118 Å². The summed E-state index contributed by atoms with van der Waals surface area (Å²) in [6, 6.07) is 24.2. The highest BCUT2D eigenvalue weighted by Gasteiger charge is 2.58. The summed E-state index contributed by atoms with van der Waals surface area (Å²) in [6.45, 7) is 0. The van der Waals surface area contributed by atoms with Crippen molar-refractivity contribution in [1.29, 1.82) is 0 Å². The molecule has 2 aliphatic rings. The Kier molecular flexibility index (Phi) is 4.43. The van der Waals surface area contributed by atoms with Gasteiger partial charge in [0, 0.05) is 16.2 Å². The normalized spacial score (nSPS) is 24.2. The largest absolute Gasteiger partial charge is 0.346 e. The maximum Gasteiger partial charge on any atom is 0.245 e. The van der Waals surface area contributed by atoms with Crippen molar-refractivity contribution < 1.29 is 9.72 Å². The SMILES string of the molecule is O=C(c1ccccc1)[C@@H]1[C@H](c2ccccc2)[C@@H]([N+](=O)[O-])[C@@H]2C=Cc3ccccc3N12. The smallest absolute Gasteiger partial charge is 0.245 e. The lowest BCUT2D eigenvalue weighted by molar-refractivity contribution is -0.524. The predicted octanol–water partition coefficient (Wildman–Crippen LogP) is 4.58. The number of Topliss-reactive ketones (excluding diaryl/α,β-unsaturated/α-hetero) is 1. The summed E-state index contributed by atoms with van der Waals surface area (Å²) in [5.74, 6) is -0.654. The van der Waals surface area contributed by atoms with E-state index in [4.69, 9.17) is 0 Å². The number of hydrogen-bond donors (Lipinski definition) is 0. The number of carbonyl (C=O) groups is 1. The number of anilines is 1. The highest BCUT2D eigenvalue weighted by Crippen LogP contribution is 2.46. The maximum absolute atomic E-state index is 13.8. The van der Waals surface area contributed by atoms with E-state index in [1.165, 1.54) is 0 Å². The van der Waals surface area contributed by atoms with Crippen LogP contribution in [-0.4, -0.2) is 28.8 Å². The lowest BCUT2D eigenvalue weighted by atomic mass is 9.84. The van der Waals surface area contributed by atoms with E-state index in [1.54, 1.807) is 12.1 Å². The van der Waals surface area contributed by atoms with Gasteiger partial charge in [-0.1, -0.05) is 91.0 Å². The van der Waals surface area contributed by atoms with Crippen LogP contribution in [0.25, 0.3) is 6.08 Å². The molecule has 5 rings (SSSR count). The fourth-order valence-corrected chi connectivity index (χ4v) is 4.88. The van der Waals surface area contributed by atoms with Gasteiger partial charge in [0.05, 0.1) is 5.92 Å². The van der Waals surface area contributed by atoms with E-state index in [0.29, 0.717) is 5.56 Å². The van der Waals surface area contributed by atoms with Crippen LogP contribution in [0.2, 0.25) is 0 Å². The number of benzene rings is 3. The van der Waals surface area contributed by atoms with Crippen molar-refractivity contribution in [2.45, 2.75) is 24.0 Å². The Balaban J connectivity index is 1.73. The zero-order valence-electron chi connectivity index (χ0n) is 16.2. The second-order valence-electron chi connectivity index (χ2n) is 7.70. The van der Waals surface area contributed by atoms with Crippen LogP contribution in [0.3, 0.4) is 0 Å². The first-order chi connectivity index (χ1) is 14.7. The zero-order chi connectivity index (χ0) is 20.7. The van der Waals surface area contributed by atoms with Gasteiger partial charge < -0.3 is 4.90 Å². The standard InChI is InChI=1S/C25H20N2O3/c28-25(19-12-5-2-6-13-19)24-22(18-10-3-1-4-11-18)23(27(29)30)21-16-15-17-9-7-8-14-20(17)26(21)24/h1-16,21-24H/t21-,22+,23-,24-/m0/s1. The van der Waals surface area contributed by atoms with Crippen molar-refractivity contribution in [1.82, 2.24) is 0 Å². The number of nitrogens with zero attached hydrogens (tertiary/aromatic N) is 2. The van der Waals surface area contributed by atoms with Gasteiger partial charge in [-0.3, -0.25) is 14.9 Å². The molecule has 3 aromatic rings. The van der Waals surface area contributed by atoms with Gasteiger partial charge in [-0.25, -0.2) is 0 Å². The Morgan fingerprint density at radius 2 is 1.50 bits per heavy atom. The topological polar surface area (TPSA) is 63.4 Å². The van der Waals surface area contributed by atoms with Crippen LogP contribution in [-0.2, 0) is 0 Å². The molecule has 0 radical (unpaired) electrons. The molecular weight excluding hydrogens is 376 g/mol. The minimum atomic E-state index is -0.922. The van der Waals surface area contributed by atoms with Gasteiger partial charge in [0.2, 0.25) is 6.04 Å². The highest BCUT2D eigenvalue weighted by atomic mass is 16.6. The molecule has 4 atom stereocenters. The molecule has 0 aliphatic carbocycles. The third kappa shape index (κ3) is 2.82. The fraction of sp³-hybridized carbons (Fsp3) is 0.160. The van der Waals surface area contributed by atoms with Crippen molar-refractivity contribution in [2.24, 2.45) is 0 Å². The summed E-state index contributed by atoms with van der Waals surface area (Å²) in [5.41, 5.74) is 3.21. The molecule has 0 saturated carbocycles. The quantitative estimate of drug-likeness (QED) is 0.368. The van der Waals surface area contributed by atoms with Crippen LogP contribution in [0.5, 0.6) is 0 Å². The zero-order valence-corrected chi connectivity index (χ0v) is 16.2. The van der Waals surface area contributed by atoms with Gasteiger partial charge in [-0.05, 0) is 17.2 Å². The van der Waals surface area contributed by atoms with E-state index in [0.717, 1.165) is 16.8 Å². The summed E-state index contributed by atoms with van der Waals surface area (Å²) < 4.78 is 0. The molecule has 148 valence electrons. The first-order valence-electron chi connectivity index (χ1n) is 10.00. The Bertz CT molecular complexity index is 1130. The van der Waals surface area contributed by atoms with Gasteiger partial charge in [0.15, 0.2) is 5.78 Å². The molecule has 5 heteroatoms. The van der Waals surface area contributed by atoms with Crippen molar-refractivity contribution in [3.63, 3.8) is 0 Å². The first-order valence-corrected chi connectivity index (χ1v) is 10.00. The van der Waals surface area contributed by atoms with Crippen LogP contribution in [0.15, 0.2) is 91.0 Å². The second-order valence-corrected chi connectivity index (χ2v) is 7.70. The third-order valence-corrected chi connectivity index (χ3v) is 6.12. The number of para-hydroxylation sites is 1. The van der Waals surface area contributed by atoms with Gasteiger partial charge in [-0.2, -0.15) is 0 Å². The van der Waals surface area contributed by atoms with Crippen LogP contribution in [0.1, 0.15) is 27.4 Å². The van der Waals surface area contributed by atoms with Crippen LogP contribution >= 0.6 is 0 Å². The third-order valence-electron chi connectivity index (χ3n) is 6.12. The van der Waals surface area contributed by atoms with Gasteiger partial charge >= 0.3 is 0 Å². The van der Waals surface area contributed by atoms with Crippen LogP contribution < -0.4 is 4.90 Å². The first kappa shape index (κ1) is 18.3. The molecule has 0 spiro atoms. The van der Waals surface area contributed by atoms with Gasteiger partial charge in [-0.15, -0.1) is 0 Å². The van der Waals surface area contributed by atoms with Crippen molar-refractivity contribution >= 4 is 17.5 Å². The van der Waals surface area contributed by atoms with Crippen LogP contribution in [0, 0.1) is 10.1 Å². The number of fused-ring (bicyclic) bond motifs is 3. The molecule has 2 heterocycles. The van der Waals surface area contributed by atoms with E-state index >= 15 is 0 Å². The van der Waals surface area contributed by atoms with E-state index in [-0.39, 0.29) is 10.7 Å². The molecular formula is C25H20N2O3. The number of ketones is 1. The lowest BCUT2D eigenvalue weighted by Gasteiger charge is -2.34. The molecule has 3 aromatic carbocycles. The fourth-order valence-electron chi connectivity index (χ4n) is 4.88. The Labute approximate surface area is 174 Å². The number of rotatable bonds is 4. The molecule has 0 amide bonds. The molecule has 1 saturated heterocycles. The van der Waals surface area contributed by atoms with Crippen LogP contribution in [0.4, 0.5) is 5.69 Å². The molecule has 2 aliphatic heterocycles. The van der Waals surface area contributed by atoms with Crippen molar-refractivity contribution in [3.8, 4) is 0 Å². The number of hydrogen-bond acceptors (Lipinski definition) is 4. The summed E-state index contributed by atoms with van der Waals surface area (Å²) in [5, 5.41) is 12.3. The number of nitro groups is 1. The van der Waals surface area contributed by atoms with E-state index in [1.807, 2.05) is 89.8 Å². The monoisotopic (exact) mass is 396 g/mol. The predicted molar refractivity (Wildman–Crippen MR) is 116 cm³/mol. The molecule has 5 nitrogen and oxygen atoms in total. The highest BCUT2D eigenvalue weighted by molar-refractivity contribution is 6.04. The molecule has 0 N–H and O–H groups in total. The molecule has 0 bridgehead atoms. The number of carbonyl (C=O) groups excluding carboxylic acids is 1. The lowest BCUT2D eigenvalue weighted by Crippen LogP contribution is -2.44. The average molecular weight is 396 g/mol. The maximum atomic E-state index is 13.8. The van der Waals surface area contributed by atoms with Crippen molar-refractivity contribution in [2.75, 3.05) is 4.90 Å². The summed E-state index contributed by atoms with van der Waals surface area (Å²) >= 11 is 0. The minimum Gasteiger partial charge on any atom is -0.346 e. The van der Waals surface area contributed by atoms with Gasteiger partial charge in [0.1, 0.15) is 12.1 Å². The summed E-state index contributed by atoms with van der Waals surface area (Å²) in [4.78, 5) is 27.8. The minimum absolute atomic E-state index is 0.0936. The summed E-state index contributed by atoms with van der Waals surface area (Å²) in [7, 11) is 0. The Hall–Kier alpha value is -3.73. The van der Waals surface area contributed by atoms with Gasteiger partial charge in [0.25, 0.3) is 0 Å². The van der Waals surface area contributed by atoms with E-state index < -0.39 is 24.0 Å². The van der Waals surface area contributed by atoms with E-state index in [9.17, 15) is 14.9 Å². The molecule has 0 aromatic heterocycles. The molecule has 30 heavy (non-hydrogen) atoms. The second kappa shape index (κ2) is 7.26. The average Bonchev–Trinajstić information content (AvgIpc) is 3.16.